The van der Waals surface area contributed by atoms with Crippen LogP contribution in [-0.4, -0.2) is 36.9 Å². The number of nitrogens with zero attached hydrogens (tertiary/aromatic N) is 1. The number of halogens is 1. The van der Waals surface area contributed by atoms with Gasteiger partial charge in [0.2, 0.25) is 0 Å². The molecule has 0 amide bonds. The number of ether oxygens (including phenoxy) is 1. The second-order valence-electron chi connectivity index (χ2n) is 5.05. The van der Waals surface area contributed by atoms with E-state index in [0.717, 1.165) is 25.5 Å². The van der Waals surface area contributed by atoms with Crippen LogP contribution < -0.4 is 4.90 Å². The van der Waals surface area contributed by atoms with Crippen molar-refractivity contribution in [1.82, 2.24) is 0 Å². The van der Waals surface area contributed by atoms with Crippen LogP contribution in [0.3, 0.4) is 0 Å². The topological polar surface area (TPSA) is 49.8 Å². The second kappa shape index (κ2) is 7.22. The molecular weight excluding hydrogens is 273 g/mol. The standard InChI is InChI=1S/C16H20FNO3/c1-2-21-13-4-3-9-18(11-13)15-7-5-12(10-14(15)17)6-8-16(19)20/h5-8,10,13H,2-4,9,11H2,1H3,(H,19,20). The SMILES string of the molecule is CCOC1CCCN(c2ccc(C=CC(=O)O)cc2F)C1. The highest BCUT2D eigenvalue weighted by molar-refractivity contribution is 5.85. The molecular formula is C16H20FNO3. The summed E-state index contributed by atoms with van der Waals surface area (Å²) in [6.45, 7) is 4.13. The number of piperidine rings is 1. The fourth-order valence-electron chi connectivity index (χ4n) is 2.58. The number of anilines is 1. The van der Waals surface area contributed by atoms with Gasteiger partial charge in [0.25, 0.3) is 0 Å². The molecule has 0 bridgehead atoms. The average Bonchev–Trinajstić information content (AvgIpc) is 2.46. The van der Waals surface area contributed by atoms with Crippen molar-refractivity contribution < 1.29 is 19.0 Å². The highest BCUT2D eigenvalue weighted by atomic mass is 19.1. The van der Waals surface area contributed by atoms with Gasteiger partial charge in [0.1, 0.15) is 5.82 Å². The lowest BCUT2D eigenvalue weighted by molar-refractivity contribution is -0.131. The predicted molar refractivity (Wildman–Crippen MR) is 79.9 cm³/mol. The Hall–Kier alpha value is -1.88. The monoisotopic (exact) mass is 293 g/mol. The molecule has 2 rings (SSSR count). The van der Waals surface area contributed by atoms with Gasteiger partial charge >= 0.3 is 5.97 Å². The summed E-state index contributed by atoms with van der Waals surface area (Å²) < 4.78 is 19.8. The fourth-order valence-corrected chi connectivity index (χ4v) is 2.58. The maximum atomic E-state index is 14.2. The average molecular weight is 293 g/mol. The van der Waals surface area contributed by atoms with E-state index in [2.05, 4.69) is 0 Å². The van der Waals surface area contributed by atoms with Crippen molar-refractivity contribution in [1.29, 1.82) is 0 Å². The number of carboxylic acids is 1. The molecule has 1 aromatic carbocycles. The Balaban J connectivity index is 2.11. The van der Waals surface area contributed by atoms with E-state index >= 15 is 0 Å². The fraction of sp³-hybridized carbons (Fsp3) is 0.438. The van der Waals surface area contributed by atoms with Crippen LogP contribution >= 0.6 is 0 Å². The Kier molecular flexibility index (Phi) is 5.33. The molecule has 0 radical (unpaired) electrons. The van der Waals surface area contributed by atoms with Crippen LogP contribution in [0.15, 0.2) is 24.3 Å². The molecule has 1 aliphatic heterocycles. The van der Waals surface area contributed by atoms with Crippen molar-refractivity contribution >= 4 is 17.7 Å². The minimum Gasteiger partial charge on any atom is -0.478 e. The highest BCUT2D eigenvalue weighted by Gasteiger charge is 2.22. The van der Waals surface area contributed by atoms with Crippen LogP contribution in [0.2, 0.25) is 0 Å². The van der Waals surface area contributed by atoms with Gasteiger partial charge in [-0.1, -0.05) is 6.07 Å². The normalized spacial score (nSPS) is 19.1. The first kappa shape index (κ1) is 15.5. The molecule has 0 aromatic heterocycles. The summed E-state index contributed by atoms with van der Waals surface area (Å²) in [6.07, 6.45) is 4.51. The third-order valence-electron chi connectivity index (χ3n) is 3.51. The minimum atomic E-state index is -1.05. The van der Waals surface area contributed by atoms with E-state index in [1.165, 1.54) is 12.1 Å². The van der Waals surface area contributed by atoms with E-state index in [1.54, 1.807) is 12.1 Å². The molecule has 21 heavy (non-hydrogen) atoms. The van der Waals surface area contributed by atoms with E-state index in [0.29, 0.717) is 24.4 Å². The molecule has 0 spiro atoms. The Bertz CT molecular complexity index is 528. The summed E-state index contributed by atoms with van der Waals surface area (Å²) in [5, 5.41) is 8.58. The van der Waals surface area contributed by atoms with E-state index in [-0.39, 0.29) is 11.9 Å². The molecule has 5 heteroatoms. The number of aliphatic carboxylic acids is 1. The summed E-state index contributed by atoms with van der Waals surface area (Å²) in [6, 6.07) is 4.78. The van der Waals surface area contributed by atoms with Gasteiger partial charge in [-0.05, 0) is 43.5 Å². The largest absolute Gasteiger partial charge is 0.478 e. The molecule has 0 saturated carbocycles. The van der Waals surface area contributed by atoms with Crippen molar-refractivity contribution in [3.05, 3.63) is 35.7 Å². The van der Waals surface area contributed by atoms with Gasteiger partial charge in [-0.2, -0.15) is 0 Å². The maximum Gasteiger partial charge on any atom is 0.328 e. The van der Waals surface area contributed by atoms with Gasteiger partial charge in [0.05, 0.1) is 11.8 Å². The quantitative estimate of drug-likeness (QED) is 0.848. The highest BCUT2D eigenvalue weighted by Crippen LogP contribution is 2.25. The van der Waals surface area contributed by atoms with Crippen molar-refractivity contribution in [2.45, 2.75) is 25.9 Å². The number of hydrogen-bond donors (Lipinski definition) is 1. The third-order valence-corrected chi connectivity index (χ3v) is 3.51. The van der Waals surface area contributed by atoms with E-state index in [4.69, 9.17) is 9.84 Å². The first-order chi connectivity index (χ1) is 10.1. The molecule has 1 heterocycles. The molecule has 1 saturated heterocycles. The second-order valence-corrected chi connectivity index (χ2v) is 5.05. The van der Waals surface area contributed by atoms with Crippen LogP contribution in [0.1, 0.15) is 25.3 Å². The lowest BCUT2D eigenvalue weighted by Gasteiger charge is -2.34. The van der Waals surface area contributed by atoms with Crippen LogP contribution in [0.4, 0.5) is 10.1 Å². The van der Waals surface area contributed by atoms with Gasteiger partial charge in [-0.3, -0.25) is 0 Å². The summed E-state index contributed by atoms with van der Waals surface area (Å²) in [5.74, 6) is -1.38. The summed E-state index contributed by atoms with van der Waals surface area (Å²) in [7, 11) is 0. The molecule has 114 valence electrons. The van der Waals surface area contributed by atoms with E-state index in [1.807, 2.05) is 11.8 Å². The maximum absolute atomic E-state index is 14.2. The molecule has 1 N–H and O–H groups in total. The molecule has 0 aliphatic carbocycles. The summed E-state index contributed by atoms with van der Waals surface area (Å²) in [4.78, 5) is 12.5. The Labute approximate surface area is 123 Å². The van der Waals surface area contributed by atoms with Crippen molar-refractivity contribution in [3.63, 3.8) is 0 Å². The van der Waals surface area contributed by atoms with Crippen molar-refractivity contribution in [2.24, 2.45) is 0 Å². The minimum absolute atomic E-state index is 0.148. The van der Waals surface area contributed by atoms with Crippen LogP contribution in [-0.2, 0) is 9.53 Å². The first-order valence-corrected chi connectivity index (χ1v) is 7.17. The molecule has 1 aliphatic rings. The van der Waals surface area contributed by atoms with E-state index in [9.17, 15) is 9.18 Å². The lowest BCUT2D eigenvalue weighted by Crippen LogP contribution is -2.40. The lowest BCUT2D eigenvalue weighted by atomic mass is 10.1. The summed E-state index contributed by atoms with van der Waals surface area (Å²) >= 11 is 0. The van der Waals surface area contributed by atoms with Gasteiger partial charge in [-0.15, -0.1) is 0 Å². The number of carboxylic acid groups (broad SMARTS) is 1. The van der Waals surface area contributed by atoms with Crippen LogP contribution in [0.5, 0.6) is 0 Å². The zero-order valence-corrected chi connectivity index (χ0v) is 12.1. The van der Waals surface area contributed by atoms with Gasteiger partial charge in [0.15, 0.2) is 0 Å². The first-order valence-electron chi connectivity index (χ1n) is 7.17. The van der Waals surface area contributed by atoms with Crippen LogP contribution in [0.25, 0.3) is 6.08 Å². The number of rotatable bonds is 5. The molecule has 1 atom stereocenters. The Morgan fingerprint density at radius 1 is 1.57 bits per heavy atom. The number of hydrogen-bond acceptors (Lipinski definition) is 3. The van der Waals surface area contributed by atoms with Crippen molar-refractivity contribution in [3.8, 4) is 0 Å². The Morgan fingerprint density at radius 2 is 2.38 bits per heavy atom. The molecule has 4 nitrogen and oxygen atoms in total. The zero-order chi connectivity index (χ0) is 15.2. The number of carbonyl (C=O) groups is 1. The van der Waals surface area contributed by atoms with Crippen molar-refractivity contribution in [2.75, 3.05) is 24.6 Å². The molecule has 1 fully saturated rings. The zero-order valence-electron chi connectivity index (χ0n) is 12.1. The molecule has 1 unspecified atom stereocenters. The van der Waals surface area contributed by atoms with Gasteiger partial charge < -0.3 is 14.7 Å². The van der Waals surface area contributed by atoms with E-state index < -0.39 is 5.97 Å². The van der Waals surface area contributed by atoms with Gasteiger partial charge in [-0.25, -0.2) is 9.18 Å². The number of benzene rings is 1. The summed E-state index contributed by atoms with van der Waals surface area (Å²) in [5.41, 5.74) is 1.09. The van der Waals surface area contributed by atoms with Gasteiger partial charge in [0, 0.05) is 25.8 Å². The Morgan fingerprint density at radius 3 is 3.05 bits per heavy atom. The third kappa shape index (κ3) is 4.29. The smallest absolute Gasteiger partial charge is 0.328 e. The van der Waals surface area contributed by atoms with Crippen LogP contribution in [0, 0.1) is 5.82 Å². The predicted octanol–water partition coefficient (Wildman–Crippen LogP) is 2.93. The molecule has 1 aromatic rings.